The number of anilines is 2. The number of fused-ring (bicyclic) bond motifs is 1. The summed E-state index contributed by atoms with van der Waals surface area (Å²) in [5.41, 5.74) is 2.15. The minimum Gasteiger partial charge on any atom is -0.332 e. The average Bonchev–Trinajstić information content (AvgIpc) is 2.99. The molecule has 8 heteroatoms. The molecule has 3 amide bonds. The third-order valence-corrected chi connectivity index (χ3v) is 5.22. The Hall–Kier alpha value is -3.36. The second-order valence-electron chi connectivity index (χ2n) is 6.46. The predicted octanol–water partition coefficient (Wildman–Crippen LogP) is 4.38. The first-order valence-electron chi connectivity index (χ1n) is 8.90. The number of hydrogen-bond acceptors (Lipinski definition) is 4. The van der Waals surface area contributed by atoms with E-state index in [2.05, 4.69) is 26.6 Å². The minimum atomic E-state index is -0.376. The van der Waals surface area contributed by atoms with Crippen LogP contribution in [0.1, 0.15) is 31.1 Å². The number of thiocarbonyl (C=S) groups is 1. The number of imide groups is 1. The average molecular weight is 480 g/mol. The summed E-state index contributed by atoms with van der Waals surface area (Å²) in [7, 11) is 0. The largest absolute Gasteiger partial charge is 0.332 e. The molecule has 3 aromatic rings. The van der Waals surface area contributed by atoms with E-state index in [4.69, 9.17) is 12.2 Å². The van der Waals surface area contributed by atoms with E-state index < -0.39 is 0 Å². The molecule has 0 saturated heterocycles. The molecule has 0 atom stereocenters. The van der Waals surface area contributed by atoms with Crippen molar-refractivity contribution in [1.82, 2.24) is 5.32 Å². The van der Waals surface area contributed by atoms with E-state index in [0.717, 1.165) is 9.37 Å². The summed E-state index contributed by atoms with van der Waals surface area (Å²) in [5.74, 6) is -1.10. The van der Waals surface area contributed by atoms with Gasteiger partial charge in [0.15, 0.2) is 5.11 Å². The van der Waals surface area contributed by atoms with Crippen LogP contribution < -0.4 is 15.5 Å². The molecule has 6 nitrogen and oxygen atoms in total. The summed E-state index contributed by atoms with van der Waals surface area (Å²) in [6.07, 6.45) is 0. The Morgan fingerprint density at radius 2 is 1.50 bits per heavy atom. The van der Waals surface area contributed by atoms with Crippen LogP contribution >= 0.6 is 28.1 Å². The Labute approximate surface area is 186 Å². The van der Waals surface area contributed by atoms with Crippen LogP contribution in [-0.2, 0) is 0 Å². The maximum Gasteiger partial charge on any atom is 0.266 e. The van der Waals surface area contributed by atoms with Crippen LogP contribution in [0.4, 0.5) is 11.4 Å². The molecule has 0 aromatic heterocycles. The molecule has 1 aliphatic rings. The molecule has 4 rings (SSSR count). The zero-order chi connectivity index (χ0) is 21.3. The number of halogens is 1. The fourth-order valence-electron chi connectivity index (χ4n) is 3.09. The predicted molar refractivity (Wildman–Crippen MR) is 122 cm³/mol. The summed E-state index contributed by atoms with van der Waals surface area (Å²) < 4.78 is 0.865. The van der Waals surface area contributed by atoms with Gasteiger partial charge in [-0.3, -0.25) is 19.7 Å². The molecule has 0 radical (unpaired) electrons. The van der Waals surface area contributed by atoms with E-state index in [0.29, 0.717) is 28.1 Å². The first kappa shape index (κ1) is 19.9. The molecule has 2 N–H and O–H groups in total. The lowest BCUT2D eigenvalue weighted by molar-refractivity contribution is 0.0924. The second-order valence-corrected chi connectivity index (χ2v) is 7.78. The zero-order valence-corrected chi connectivity index (χ0v) is 17.8. The normalized spacial score (nSPS) is 12.5. The SMILES string of the molecule is O=C(NC(=S)Nc1cccc(N2C(=O)c3ccccc3C2=O)c1)c1ccc(Br)cc1. The van der Waals surface area contributed by atoms with Crippen molar-refractivity contribution in [3.05, 3.63) is 94.0 Å². The molecule has 0 aliphatic carbocycles. The molecule has 148 valence electrons. The van der Waals surface area contributed by atoms with E-state index in [9.17, 15) is 14.4 Å². The number of nitrogens with one attached hydrogen (secondary N) is 2. The Bertz CT molecular complexity index is 1160. The Balaban J connectivity index is 1.48. The Morgan fingerprint density at radius 1 is 0.867 bits per heavy atom. The molecule has 3 aromatic carbocycles. The smallest absolute Gasteiger partial charge is 0.266 e. The highest BCUT2D eigenvalue weighted by Gasteiger charge is 2.36. The monoisotopic (exact) mass is 479 g/mol. The van der Waals surface area contributed by atoms with E-state index in [-0.39, 0.29) is 22.8 Å². The van der Waals surface area contributed by atoms with Crippen LogP contribution in [-0.4, -0.2) is 22.8 Å². The first-order chi connectivity index (χ1) is 14.4. The Kier molecular flexibility index (Phi) is 5.43. The molecule has 0 spiro atoms. The van der Waals surface area contributed by atoms with Crippen LogP contribution in [0.5, 0.6) is 0 Å². The number of carbonyl (C=O) groups is 3. The van der Waals surface area contributed by atoms with Crippen molar-refractivity contribution < 1.29 is 14.4 Å². The van der Waals surface area contributed by atoms with Crippen molar-refractivity contribution >= 4 is 62.4 Å². The molecular weight excluding hydrogens is 466 g/mol. The van der Waals surface area contributed by atoms with E-state index >= 15 is 0 Å². The van der Waals surface area contributed by atoms with Crippen LogP contribution in [0.25, 0.3) is 0 Å². The van der Waals surface area contributed by atoms with Crippen LogP contribution in [0.3, 0.4) is 0 Å². The van der Waals surface area contributed by atoms with Crippen molar-refractivity contribution in [3.63, 3.8) is 0 Å². The number of amides is 3. The standard InChI is InChI=1S/C22H14BrN3O3S/c23-14-10-8-13(9-11-14)19(27)25-22(30)24-15-4-3-5-16(12-15)26-20(28)17-6-1-2-7-18(17)21(26)29/h1-12H,(H2,24,25,27,30). The maximum atomic E-state index is 12.7. The van der Waals surface area contributed by atoms with Crippen LogP contribution in [0.2, 0.25) is 0 Å². The lowest BCUT2D eigenvalue weighted by atomic mass is 10.1. The van der Waals surface area contributed by atoms with Gasteiger partial charge in [-0.15, -0.1) is 0 Å². The molecule has 0 unspecified atom stereocenters. The highest BCUT2D eigenvalue weighted by Crippen LogP contribution is 2.29. The summed E-state index contributed by atoms with van der Waals surface area (Å²) in [6.45, 7) is 0. The van der Waals surface area contributed by atoms with Crippen molar-refractivity contribution in [1.29, 1.82) is 0 Å². The highest BCUT2D eigenvalue weighted by molar-refractivity contribution is 9.10. The van der Waals surface area contributed by atoms with E-state index in [1.54, 1.807) is 72.8 Å². The summed E-state index contributed by atoms with van der Waals surface area (Å²) in [4.78, 5) is 38.7. The molecule has 0 bridgehead atoms. The van der Waals surface area contributed by atoms with Crippen LogP contribution in [0.15, 0.2) is 77.3 Å². The van der Waals surface area contributed by atoms with Crippen molar-refractivity contribution in [2.45, 2.75) is 0 Å². The van der Waals surface area contributed by atoms with Gasteiger partial charge in [0.05, 0.1) is 16.8 Å². The molecule has 1 heterocycles. The topological polar surface area (TPSA) is 78.5 Å². The van der Waals surface area contributed by atoms with Crippen molar-refractivity contribution in [2.75, 3.05) is 10.2 Å². The maximum absolute atomic E-state index is 12.7. The minimum absolute atomic E-state index is 0.0995. The summed E-state index contributed by atoms with van der Waals surface area (Å²) in [6, 6.07) is 20.3. The number of carbonyl (C=O) groups excluding carboxylic acids is 3. The van der Waals surface area contributed by atoms with Gasteiger partial charge in [-0.05, 0) is 66.8 Å². The number of nitrogens with zero attached hydrogens (tertiary/aromatic N) is 1. The first-order valence-corrected chi connectivity index (χ1v) is 10.1. The number of rotatable bonds is 3. The van der Waals surface area contributed by atoms with Gasteiger partial charge in [-0.1, -0.05) is 34.1 Å². The third-order valence-electron chi connectivity index (χ3n) is 4.49. The summed E-state index contributed by atoms with van der Waals surface area (Å²) in [5, 5.41) is 5.61. The van der Waals surface area contributed by atoms with E-state index in [1.807, 2.05) is 0 Å². The Morgan fingerprint density at radius 3 is 2.13 bits per heavy atom. The molecule has 0 saturated carbocycles. The second kappa shape index (κ2) is 8.17. The van der Waals surface area contributed by atoms with Gasteiger partial charge in [0.2, 0.25) is 0 Å². The van der Waals surface area contributed by atoms with Crippen molar-refractivity contribution in [2.24, 2.45) is 0 Å². The molecular formula is C22H14BrN3O3S. The van der Waals surface area contributed by atoms with Gasteiger partial charge < -0.3 is 5.32 Å². The third kappa shape index (κ3) is 3.87. The zero-order valence-electron chi connectivity index (χ0n) is 15.4. The van der Waals surface area contributed by atoms with Crippen LogP contribution in [0, 0.1) is 0 Å². The van der Waals surface area contributed by atoms with Crippen molar-refractivity contribution in [3.8, 4) is 0 Å². The summed E-state index contributed by atoms with van der Waals surface area (Å²) >= 11 is 8.54. The van der Waals surface area contributed by atoms with Gasteiger partial charge in [0, 0.05) is 15.7 Å². The highest BCUT2D eigenvalue weighted by atomic mass is 79.9. The van der Waals surface area contributed by atoms with Gasteiger partial charge in [0.1, 0.15) is 0 Å². The van der Waals surface area contributed by atoms with Gasteiger partial charge in [-0.2, -0.15) is 0 Å². The van der Waals surface area contributed by atoms with Gasteiger partial charge in [-0.25, -0.2) is 4.90 Å². The number of hydrogen-bond donors (Lipinski definition) is 2. The lowest BCUT2D eigenvalue weighted by Crippen LogP contribution is -2.34. The number of benzene rings is 3. The molecule has 0 fully saturated rings. The van der Waals surface area contributed by atoms with Gasteiger partial charge in [0.25, 0.3) is 17.7 Å². The molecule has 1 aliphatic heterocycles. The lowest BCUT2D eigenvalue weighted by Gasteiger charge is -2.16. The van der Waals surface area contributed by atoms with Gasteiger partial charge >= 0.3 is 0 Å². The quantitative estimate of drug-likeness (QED) is 0.430. The molecule has 30 heavy (non-hydrogen) atoms. The van der Waals surface area contributed by atoms with E-state index in [1.165, 1.54) is 0 Å². The fourth-order valence-corrected chi connectivity index (χ4v) is 3.56. The fraction of sp³-hybridized carbons (Fsp3) is 0.